The second-order valence-corrected chi connectivity index (χ2v) is 5.06. The van der Waals surface area contributed by atoms with E-state index >= 15 is 0 Å². The summed E-state index contributed by atoms with van der Waals surface area (Å²) in [6.45, 7) is 1.65. The lowest BCUT2D eigenvalue weighted by atomic mass is 10.1. The van der Waals surface area contributed by atoms with E-state index in [-0.39, 0.29) is 38.5 Å². The van der Waals surface area contributed by atoms with Crippen molar-refractivity contribution >= 4 is 33.5 Å². The Hall–Kier alpha value is -2.40. The van der Waals surface area contributed by atoms with E-state index in [1.54, 1.807) is 6.92 Å². The maximum atomic E-state index is 12.6. The van der Waals surface area contributed by atoms with Gasteiger partial charge in [-0.25, -0.2) is 0 Å². The molecule has 0 aliphatic carbocycles. The van der Waals surface area contributed by atoms with E-state index in [1.165, 1.54) is 25.3 Å². The zero-order valence-corrected chi connectivity index (χ0v) is 12.0. The van der Waals surface area contributed by atoms with Crippen LogP contribution in [-0.4, -0.2) is 17.3 Å². The lowest BCUT2D eigenvalue weighted by Crippen LogP contribution is -2.05. The molecule has 0 amide bonds. The molecule has 1 aromatic heterocycles. The maximum absolute atomic E-state index is 12.6. The average molecular weight is 307 g/mol. The van der Waals surface area contributed by atoms with Crippen molar-refractivity contribution in [2.75, 3.05) is 7.11 Å². The van der Waals surface area contributed by atoms with Crippen LogP contribution >= 0.6 is 11.6 Å². The summed E-state index contributed by atoms with van der Waals surface area (Å²) in [6.07, 6.45) is 0. The van der Waals surface area contributed by atoms with Crippen LogP contribution in [0.25, 0.3) is 21.9 Å². The first-order chi connectivity index (χ1) is 9.93. The van der Waals surface area contributed by atoms with Gasteiger partial charge in [0.15, 0.2) is 5.58 Å². The highest BCUT2D eigenvalue weighted by Gasteiger charge is 2.18. The van der Waals surface area contributed by atoms with Crippen LogP contribution in [0.3, 0.4) is 0 Å². The van der Waals surface area contributed by atoms with E-state index in [0.717, 1.165) is 0 Å². The number of ether oxygens (including phenoxy) is 1. The summed E-state index contributed by atoms with van der Waals surface area (Å²) >= 11 is 6.01. The van der Waals surface area contributed by atoms with Crippen molar-refractivity contribution < 1.29 is 19.4 Å². The smallest absolute Gasteiger partial charge is 0.204 e. The van der Waals surface area contributed by atoms with Crippen molar-refractivity contribution in [1.29, 1.82) is 0 Å². The number of methoxy groups -OCH3 is 1. The average Bonchev–Trinajstić information content (AvgIpc) is 2.43. The van der Waals surface area contributed by atoms with E-state index in [9.17, 15) is 15.0 Å². The number of aromatic hydroxyl groups is 2. The van der Waals surface area contributed by atoms with Gasteiger partial charge in [0.25, 0.3) is 0 Å². The van der Waals surface area contributed by atoms with Gasteiger partial charge in [-0.2, -0.15) is 0 Å². The fraction of sp³-hybridized carbons (Fsp3) is 0.133. The fourth-order valence-corrected chi connectivity index (χ4v) is 2.55. The maximum Gasteiger partial charge on any atom is 0.204 e. The Morgan fingerprint density at radius 2 is 1.86 bits per heavy atom. The normalized spacial score (nSPS) is 11.2. The number of fused-ring (bicyclic) bond motifs is 2. The number of halogens is 1. The standard InChI is InChI=1S/C15H11ClO5/c1-6-3-9(18)13(16)15-11(6)14(19)12-8(17)4-7(20-2)5-10(12)21-15/h3-5,17-18H,1-2H3. The van der Waals surface area contributed by atoms with E-state index in [1.807, 2.05) is 0 Å². The molecule has 0 fully saturated rings. The predicted molar refractivity (Wildman–Crippen MR) is 79.6 cm³/mol. The summed E-state index contributed by atoms with van der Waals surface area (Å²) in [7, 11) is 1.43. The van der Waals surface area contributed by atoms with Crippen molar-refractivity contribution in [3.63, 3.8) is 0 Å². The second-order valence-electron chi connectivity index (χ2n) is 4.68. The topological polar surface area (TPSA) is 79.9 Å². The van der Waals surface area contributed by atoms with E-state index in [4.69, 9.17) is 20.8 Å². The highest BCUT2D eigenvalue weighted by molar-refractivity contribution is 6.36. The molecule has 2 aromatic carbocycles. The molecule has 0 saturated carbocycles. The summed E-state index contributed by atoms with van der Waals surface area (Å²) in [5.41, 5.74) is 0.319. The van der Waals surface area contributed by atoms with Crippen LogP contribution in [0.1, 0.15) is 5.56 Å². The van der Waals surface area contributed by atoms with Crippen molar-refractivity contribution in [2.24, 2.45) is 0 Å². The van der Waals surface area contributed by atoms with Crippen LogP contribution in [0.4, 0.5) is 0 Å². The molecule has 0 aliphatic heterocycles. The van der Waals surface area contributed by atoms with E-state index in [0.29, 0.717) is 11.3 Å². The summed E-state index contributed by atoms with van der Waals surface area (Å²) in [6, 6.07) is 4.20. The number of hydrogen-bond acceptors (Lipinski definition) is 5. The molecule has 0 aliphatic rings. The highest BCUT2D eigenvalue weighted by Crippen LogP contribution is 2.37. The first kappa shape index (κ1) is 13.6. The zero-order valence-electron chi connectivity index (χ0n) is 11.2. The Morgan fingerprint density at radius 3 is 2.52 bits per heavy atom. The Labute approximate surface area is 123 Å². The summed E-state index contributed by atoms with van der Waals surface area (Å²) in [4.78, 5) is 12.6. The minimum atomic E-state index is -0.411. The molecular formula is C15H11ClO5. The SMILES string of the molecule is COc1cc(O)c2c(=O)c3c(C)cc(O)c(Cl)c3oc2c1. The number of rotatable bonds is 1. The van der Waals surface area contributed by atoms with Crippen LogP contribution in [0.5, 0.6) is 17.2 Å². The van der Waals surface area contributed by atoms with Crippen LogP contribution in [0.15, 0.2) is 27.4 Å². The third-order valence-corrected chi connectivity index (χ3v) is 3.72. The molecule has 0 atom stereocenters. The van der Waals surface area contributed by atoms with Gasteiger partial charge in [0.1, 0.15) is 33.2 Å². The first-order valence-corrected chi connectivity index (χ1v) is 6.47. The lowest BCUT2D eigenvalue weighted by molar-refractivity contribution is 0.408. The molecule has 0 radical (unpaired) electrons. The van der Waals surface area contributed by atoms with Crippen LogP contribution in [0, 0.1) is 6.92 Å². The Bertz CT molecular complexity index is 943. The van der Waals surface area contributed by atoms with Crippen molar-refractivity contribution in [1.82, 2.24) is 0 Å². The fourth-order valence-electron chi connectivity index (χ4n) is 2.36. The minimum absolute atomic E-state index is 0.0445. The van der Waals surface area contributed by atoms with Gasteiger partial charge in [-0.3, -0.25) is 4.79 Å². The molecule has 0 unspecified atom stereocenters. The molecule has 6 heteroatoms. The molecule has 21 heavy (non-hydrogen) atoms. The lowest BCUT2D eigenvalue weighted by Gasteiger charge is -2.09. The van der Waals surface area contributed by atoms with E-state index < -0.39 is 5.43 Å². The predicted octanol–water partition coefficient (Wildman–Crippen LogP) is 3.33. The van der Waals surface area contributed by atoms with Crippen molar-refractivity contribution in [3.05, 3.63) is 39.0 Å². The van der Waals surface area contributed by atoms with Crippen LogP contribution in [0.2, 0.25) is 5.02 Å². The molecule has 3 rings (SSSR count). The molecular weight excluding hydrogens is 296 g/mol. The molecule has 5 nitrogen and oxygen atoms in total. The van der Waals surface area contributed by atoms with Crippen molar-refractivity contribution in [2.45, 2.75) is 6.92 Å². The molecule has 2 N–H and O–H groups in total. The molecule has 0 spiro atoms. The van der Waals surface area contributed by atoms with E-state index in [2.05, 4.69) is 0 Å². The van der Waals surface area contributed by atoms with Gasteiger partial charge >= 0.3 is 0 Å². The number of phenols is 2. The summed E-state index contributed by atoms with van der Waals surface area (Å²) in [5, 5.41) is 20.0. The van der Waals surface area contributed by atoms with Gasteiger partial charge in [0, 0.05) is 12.1 Å². The quantitative estimate of drug-likeness (QED) is 0.674. The van der Waals surface area contributed by atoms with Crippen LogP contribution < -0.4 is 10.2 Å². The third kappa shape index (κ3) is 1.89. The molecule has 108 valence electrons. The van der Waals surface area contributed by atoms with Gasteiger partial charge in [0.2, 0.25) is 5.43 Å². The first-order valence-electron chi connectivity index (χ1n) is 6.09. The van der Waals surface area contributed by atoms with Gasteiger partial charge in [0.05, 0.1) is 12.5 Å². The summed E-state index contributed by atoms with van der Waals surface area (Å²) in [5.74, 6) is -0.0598. The third-order valence-electron chi connectivity index (χ3n) is 3.36. The van der Waals surface area contributed by atoms with Gasteiger partial charge in [-0.1, -0.05) is 11.6 Å². The number of aryl methyl sites for hydroxylation is 1. The second kappa shape index (κ2) is 4.56. The van der Waals surface area contributed by atoms with Gasteiger partial charge in [-0.15, -0.1) is 0 Å². The zero-order chi connectivity index (χ0) is 15.3. The van der Waals surface area contributed by atoms with Gasteiger partial charge in [-0.05, 0) is 18.6 Å². The molecule has 1 heterocycles. The molecule has 3 aromatic rings. The number of hydrogen-bond donors (Lipinski definition) is 2. The summed E-state index contributed by atoms with van der Waals surface area (Å²) < 4.78 is 10.6. The largest absolute Gasteiger partial charge is 0.507 e. The number of phenolic OH excluding ortho intramolecular Hbond substituents is 2. The van der Waals surface area contributed by atoms with Crippen molar-refractivity contribution in [3.8, 4) is 17.2 Å². The molecule has 0 saturated heterocycles. The van der Waals surface area contributed by atoms with Gasteiger partial charge < -0.3 is 19.4 Å². The Balaban J connectivity index is 2.62. The monoisotopic (exact) mass is 306 g/mol. The highest BCUT2D eigenvalue weighted by atomic mass is 35.5. The van der Waals surface area contributed by atoms with Crippen LogP contribution in [-0.2, 0) is 0 Å². The number of benzene rings is 2. The Kier molecular flexibility index (Phi) is 2.95. The Morgan fingerprint density at radius 1 is 1.14 bits per heavy atom. The minimum Gasteiger partial charge on any atom is -0.507 e. The molecule has 0 bridgehead atoms.